The Labute approximate surface area is 106 Å². The van der Waals surface area contributed by atoms with E-state index in [1.54, 1.807) is 18.7 Å². The Kier molecular flexibility index (Phi) is 4.57. The number of thioether (sulfide) groups is 1. The number of nitrogens with zero attached hydrogens (tertiary/aromatic N) is 2. The molecule has 0 aliphatic carbocycles. The first kappa shape index (κ1) is 14.5. The molecule has 6 heteroatoms. The second-order valence-electron chi connectivity index (χ2n) is 5.38. The third kappa shape index (κ3) is 5.52. The SMILES string of the molecule is CC(O)(CN)Cc1nc(CSC(C)(C)C)no1. The van der Waals surface area contributed by atoms with Crippen LogP contribution in [0.3, 0.4) is 0 Å². The van der Waals surface area contributed by atoms with Gasteiger partial charge in [0.05, 0.1) is 17.8 Å². The van der Waals surface area contributed by atoms with Crippen molar-refractivity contribution in [1.29, 1.82) is 0 Å². The summed E-state index contributed by atoms with van der Waals surface area (Å²) in [5, 5.41) is 13.7. The van der Waals surface area contributed by atoms with E-state index in [1.165, 1.54) is 0 Å². The molecule has 0 aliphatic heterocycles. The Morgan fingerprint density at radius 2 is 2.00 bits per heavy atom. The van der Waals surface area contributed by atoms with Crippen LogP contribution in [0.1, 0.15) is 39.4 Å². The minimum Gasteiger partial charge on any atom is -0.388 e. The van der Waals surface area contributed by atoms with Crippen molar-refractivity contribution < 1.29 is 9.63 Å². The van der Waals surface area contributed by atoms with Crippen LogP contribution in [0, 0.1) is 0 Å². The first-order chi connectivity index (χ1) is 7.72. The largest absolute Gasteiger partial charge is 0.388 e. The molecule has 0 aromatic carbocycles. The smallest absolute Gasteiger partial charge is 0.229 e. The quantitative estimate of drug-likeness (QED) is 0.830. The molecule has 0 saturated heterocycles. The first-order valence-corrected chi connectivity index (χ1v) is 6.58. The van der Waals surface area contributed by atoms with E-state index in [0.717, 1.165) is 0 Å². The normalized spacial score (nSPS) is 15.9. The molecule has 0 fully saturated rings. The summed E-state index contributed by atoms with van der Waals surface area (Å²) in [6, 6.07) is 0. The van der Waals surface area contributed by atoms with E-state index in [4.69, 9.17) is 10.3 Å². The fourth-order valence-corrected chi connectivity index (χ4v) is 1.78. The molecule has 1 unspecified atom stereocenters. The fourth-order valence-electron chi connectivity index (χ4n) is 1.10. The zero-order chi connectivity index (χ0) is 13.1. The molecule has 3 N–H and O–H groups in total. The van der Waals surface area contributed by atoms with Crippen molar-refractivity contribution in [2.45, 2.75) is 50.2 Å². The Hall–Kier alpha value is -0.590. The molecule has 0 saturated carbocycles. The van der Waals surface area contributed by atoms with Gasteiger partial charge in [0.1, 0.15) is 0 Å². The fraction of sp³-hybridized carbons (Fsp3) is 0.818. The number of rotatable bonds is 5. The van der Waals surface area contributed by atoms with Gasteiger partial charge in [0.25, 0.3) is 0 Å². The van der Waals surface area contributed by atoms with Crippen LogP contribution in [0.15, 0.2) is 4.52 Å². The van der Waals surface area contributed by atoms with E-state index < -0.39 is 5.60 Å². The second kappa shape index (κ2) is 5.37. The Morgan fingerprint density at radius 3 is 2.53 bits per heavy atom. The van der Waals surface area contributed by atoms with Crippen LogP contribution in [0.5, 0.6) is 0 Å². The van der Waals surface area contributed by atoms with Gasteiger partial charge < -0.3 is 15.4 Å². The Morgan fingerprint density at radius 1 is 1.35 bits per heavy atom. The number of aromatic nitrogens is 2. The molecule has 0 radical (unpaired) electrons. The zero-order valence-electron chi connectivity index (χ0n) is 10.9. The molecule has 0 bridgehead atoms. The minimum absolute atomic E-state index is 0.168. The van der Waals surface area contributed by atoms with E-state index >= 15 is 0 Å². The standard InChI is InChI=1S/C11H21N3O2S/c1-10(2,3)17-6-8-13-9(16-14-8)5-11(4,15)7-12/h15H,5-7,12H2,1-4H3. The monoisotopic (exact) mass is 259 g/mol. The lowest BCUT2D eigenvalue weighted by Crippen LogP contribution is -2.36. The third-order valence-corrected chi connectivity index (χ3v) is 3.38. The third-order valence-electron chi connectivity index (χ3n) is 2.12. The molecular weight excluding hydrogens is 238 g/mol. The molecule has 1 rings (SSSR count). The Balaban J connectivity index is 2.54. The van der Waals surface area contributed by atoms with Crippen molar-refractivity contribution in [3.8, 4) is 0 Å². The van der Waals surface area contributed by atoms with Crippen LogP contribution < -0.4 is 5.73 Å². The van der Waals surface area contributed by atoms with Crippen molar-refractivity contribution in [1.82, 2.24) is 10.1 Å². The van der Waals surface area contributed by atoms with Crippen LogP contribution in [0.4, 0.5) is 0 Å². The number of aliphatic hydroxyl groups is 1. The molecule has 1 aromatic rings. The summed E-state index contributed by atoms with van der Waals surface area (Å²) < 4.78 is 5.25. The Bertz CT molecular complexity index is 358. The van der Waals surface area contributed by atoms with Gasteiger partial charge in [-0.2, -0.15) is 4.98 Å². The van der Waals surface area contributed by atoms with Gasteiger partial charge in [-0.1, -0.05) is 25.9 Å². The van der Waals surface area contributed by atoms with E-state index in [9.17, 15) is 5.11 Å². The maximum atomic E-state index is 9.79. The molecule has 0 amide bonds. The molecule has 1 aromatic heterocycles. The van der Waals surface area contributed by atoms with E-state index in [0.29, 0.717) is 17.5 Å². The zero-order valence-corrected chi connectivity index (χ0v) is 11.7. The average Bonchev–Trinajstić information content (AvgIpc) is 2.61. The lowest BCUT2D eigenvalue weighted by atomic mass is 10.0. The summed E-state index contributed by atoms with van der Waals surface area (Å²) in [4.78, 5) is 4.23. The van der Waals surface area contributed by atoms with Crippen LogP contribution in [0.2, 0.25) is 0 Å². The summed E-state index contributed by atoms with van der Waals surface area (Å²) >= 11 is 1.75. The summed E-state index contributed by atoms with van der Waals surface area (Å²) in [6.07, 6.45) is 0.288. The minimum atomic E-state index is -0.985. The summed E-state index contributed by atoms with van der Waals surface area (Å²) in [5.41, 5.74) is 4.45. The average molecular weight is 259 g/mol. The molecule has 5 nitrogen and oxygen atoms in total. The van der Waals surface area contributed by atoms with Gasteiger partial charge in [-0.15, -0.1) is 11.8 Å². The number of hydrogen-bond acceptors (Lipinski definition) is 6. The van der Waals surface area contributed by atoms with Gasteiger partial charge in [-0.25, -0.2) is 0 Å². The number of hydrogen-bond donors (Lipinski definition) is 2. The van der Waals surface area contributed by atoms with Crippen LogP contribution in [-0.4, -0.2) is 32.1 Å². The van der Waals surface area contributed by atoms with Gasteiger partial charge in [-0.05, 0) is 6.92 Å². The summed E-state index contributed by atoms with van der Waals surface area (Å²) in [6.45, 7) is 8.23. The second-order valence-corrected chi connectivity index (χ2v) is 7.19. The van der Waals surface area contributed by atoms with Crippen molar-refractivity contribution in [2.75, 3.05) is 6.54 Å². The van der Waals surface area contributed by atoms with Crippen LogP contribution >= 0.6 is 11.8 Å². The van der Waals surface area contributed by atoms with Gasteiger partial charge in [0.15, 0.2) is 5.82 Å². The van der Waals surface area contributed by atoms with Crippen molar-refractivity contribution in [3.63, 3.8) is 0 Å². The van der Waals surface area contributed by atoms with Crippen molar-refractivity contribution in [3.05, 3.63) is 11.7 Å². The van der Waals surface area contributed by atoms with Crippen LogP contribution in [-0.2, 0) is 12.2 Å². The lowest BCUT2D eigenvalue weighted by Gasteiger charge is -2.17. The van der Waals surface area contributed by atoms with E-state index in [-0.39, 0.29) is 17.7 Å². The molecule has 17 heavy (non-hydrogen) atoms. The first-order valence-electron chi connectivity index (χ1n) is 5.60. The molecule has 0 aliphatic rings. The lowest BCUT2D eigenvalue weighted by molar-refractivity contribution is 0.0610. The highest BCUT2D eigenvalue weighted by Gasteiger charge is 2.23. The predicted octanol–water partition coefficient (Wildman–Crippen LogP) is 1.35. The van der Waals surface area contributed by atoms with Gasteiger partial charge in [0, 0.05) is 11.3 Å². The highest BCUT2D eigenvalue weighted by atomic mass is 32.2. The summed E-state index contributed by atoms with van der Waals surface area (Å²) in [5.74, 6) is 1.80. The molecular formula is C11H21N3O2S. The molecule has 0 spiro atoms. The van der Waals surface area contributed by atoms with Gasteiger partial charge >= 0.3 is 0 Å². The molecule has 1 heterocycles. The van der Waals surface area contributed by atoms with Gasteiger partial charge in [-0.3, -0.25) is 0 Å². The highest BCUT2D eigenvalue weighted by Crippen LogP contribution is 2.26. The molecule has 1 atom stereocenters. The highest BCUT2D eigenvalue weighted by molar-refractivity contribution is 7.99. The predicted molar refractivity (Wildman–Crippen MR) is 68.7 cm³/mol. The van der Waals surface area contributed by atoms with Crippen molar-refractivity contribution >= 4 is 11.8 Å². The van der Waals surface area contributed by atoms with Crippen molar-refractivity contribution in [2.24, 2.45) is 5.73 Å². The van der Waals surface area contributed by atoms with Crippen LogP contribution in [0.25, 0.3) is 0 Å². The topological polar surface area (TPSA) is 85.2 Å². The van der Waals surface area contributed by atoms with Gasteiger partial charge in [0.2, 0.25) is 5.89 Å². The summed E-state index contributed by atoms with van der Waals surface area (Å²) in [7, 11) is 0. The van der Waals surface area contributed by atoms with E-state index in [2.05, 4.69) is 30.9 Å². The molecule has 98 valence electrons. The maximum absolute atomic E-state index is 9.79. The maximum Gasteiger partial charge on any atom is 0.229 e. The number of nitrogens with two attached hydrogens (primary N) is 1. The van der Waals surface area contributed by atoms with E-state index in [1.807, 2.05) is 0 Å².